The predicted octanol–water partition coefficient (Wildman–Crippen LogP) is 1.42. The highest BCUT2D eigenvalue weighted by Crippen LogP contribution is 2.19. The molecule has 0 saturated heterocycles. The van der Waals surface area contributed by atoms with Crippen molar-refractivity contribution in [2.45, 2.75) is 66.5 Å². The van der Waals surface area contributed by atoms with Crippen LogP contribution in [0.2, 0.25) is 12.1 Å². The lowest BCUT2D eigenvalue weighted by molar-refractivity contribution is 0.0685. The summed E-state index contributed by atoms with van der Waals surface area (Å²) >= 11 is 0. The van der Waals surface area contributed by atoms with E-state index in [9.17, 15) is 0 Å². The van der Waals surface area contributed by atoms with E-state index in [2.05, 4.69) is 0 Å². The van der Waals surface area contributed by atoms with Crippen molar-refractivity contribution in [3.63, 3.8) is 0 Å². The molecule has 0 atom stereocenters. The molecule has 14 heteroatoms. The van der Waals surface area contributed by atoms with Gasteiger partial charge in [0.25, 0.3) is 0 Å². The molecule has 0 rings (SSSR count). The number of aliphatic hydroxyl groups excluding tert-OH is 4. The van der Waals surface area contributed by atoms with Gasteiger partial charge in [0, 0.05) is 77.9 Å². The molecule has 0 aromatic rings. The minimum Gasteiger partial charge on any atom is -0.395 e. The van der Waals surface area contributed by atoms with Crippen LogP contribution in [0.5, 0.6) is 0 Å². The normalized spacial score (nSPS) is 12.3. The maximum atomic E-state index is 8.99. The Bertz CT molecular complexity index is 440. The molecule has 0 spiro atoms. The lowest BCUT2D eigenvalue weighted by atomic mass is 10.4. The van der Waals surface area contributed by atoms with Gasteiger partial charge < -0.3 is 47.0 Å². The Labute approximate surface area is 246 Å². The van der Waals surface area contributed by atoms with Crippen LogP contribution in [0.4, 0.5) is 0 Å². The lowest BCUT2D eigenvalue weighted by Gasteiger charge is -2.29. The first-order valence-corrected chi connectivity index (χ1v) is 18.9. The largest absolute Gasteiger partial charge is 0.500 e. The second kappa shape index (κ2) is 29.0. The summed E-state index contributed by atoms with van der Waals surface area (Å²) in [6, 6.07) is 1.52. The second-order valence-corrected chi connectivity index (χ2v) is 14.2. The zero-order valence-corrected chi connectivity index (χ0v) is 28.3. The molecule has 12 nitrogen and oxygen atoms in total. The molecule has 0 aliphatic carbocycles. The van der Waals surface area contributed by atoms with Gasteiger partial charge in [-0.1, -0.05) is 0 Å². The van der Waals surface area contributed by atoms with E-state index in [1.165, 1.54) is 0 Å². The van der Waals surface area contributed by atoms with Crippen molar-refractivity contribution in [2.24, 2.45) is 0 Å². The number of rotatable bonds is 28. The Hall–Kier alpha value is -0.0462. The molecule has 0 aliphatic rings. The highest BCUT2D eigenvalue weighted by Gasteiger charge is 2.40. The van der Waals surface area contributed by atoms with Crippen LogP contribution in [-0.4, -0.2) is 153 Å². The van der Waals surface area contributed by atoms with E-state index in [0.717, 1.165) is 38.0 Å². The highest BCUT2D eigenvalue weighted by molar-refractivity contribution is 6.61. The Balaban J connectivity index is 0. The SMILES string of the molecule is CCO[Si](CCCN(CCO)CCO)(OCC)OCC.CCO[Si](CCCN(CCO)CCO)(OCC)OCC. The summed E-state index contributed by atoms with van der Waals surface area (Å²) in [6.45, 7) is 19.5. The molecule has 0 bridgehead atoms. The van der Waals surface area contributed by atoms with Crippen LogP contribution < -0.4 is 0 Å². The molecule has 4 N–H and O–H groups in total. The Morgan fingerprint density at radius 3 is 0.800 bits per heavy atom. The summed E-state index contributed by atoms with van der Waals surface area (Å²) in [5.74, 6) is 0. The third-order valence-corrected chi connectivity index (χ3v) is 12.1. The highest BCUT2D eigenvalue weighted by atomic mass is 28.4. The van der Waals surface area contributed by atoms with E-state index in [0.29, 0.717) is 65.8 Å². The first-order valence-electron chi connectivity index (χ1n) is 15.1. The number of aliphatic hydroxyl groups is 4. The van der Waals surface area contributed by atoms with Crippen molar-refractivity contribution >= 4 is 17.6 Å². The summed E-state index contributed by atoms with van der Waals surface area (Å²) in [5.41, 5.74) is 0. The Morgan fingerprint density at radius 2 is 0.625 bits per heavy atom. The number of hydrogen-bond acceptors (Lipinski definition) is 12. The fourth-order valence-electron chi connectivity index (χ4n) is 4.28. The zero-order valence-electron chi connectivity index (χ0n) is 26.3. The summed E-state index contributed by atoms with van der Waals surface area (Å²) in [5, 5.41) is 35.9. The first kappa shape index (κ1) is 42.1. The topological polar surface area (TPSA) is 143 Å². The third kappa shape index (κ3) is 20.8. The Morgan fingerprint density at radius 1 is 0.400 bits per heavy atom. The molecule has 244 valence electrons. The van der Waals surface area contributed by atoms with Gasteiger partial charge in [0.1, 0.15) is 0 Å². The van der Waals surface area contributed by atoms with Crippen molar-refractivity contribution in [1.29, 1.82) is 0 Å². The summed E-state index contributed by atoms with van der Waals surface area (Å²) < 4.78 is 34.7. The average Bonchev–Trinajstić information content (AvgIpc) is 2.90. The van der Waals surface area contributed by atoms with Crippen LogP contribution in [0, 0.1) is 0 Å². The van der Waals surface area contributed by atoms with Crippen LogP contribution in [0.25, 0.3) is 0 Å². The summed E-state index contributed by atoms with van der Waals surface area (Å²) in [6.07, 6.45) is 1.73. The van der Waals surface area contributed by atoms with Crippen molar-refractivity contribution in [2.75, 3.05) is 105 Å². The molecule has 0 radical (unpaired) electrons. The van der Waals surface area contributed by atoms with Crippen LogP contribution in [0.1, 0.15) is 54.4 Å². The number of nitrogens with zero attached hydrogens (tertiary/aromatic N) is 2. The monoisotopic (exact) mass is 618 g/mol. The van der Waals surface area contributed by atoms with Crippen molar-refractivity contribution in [3.8, 4) is 0 Å². The number of hydrogen-bond donors (Lipinski definition) is 4. The van der Waals surface area contributed by atoms with E-state index in [-0.39, 0.29) is 26.4 Å². The van der Waals surface area contributed by atoms with Crippen molar-refractivity contribution < 1.29 is 47.0 Å². The van der Waals surface area contributed by atoms with Gasteiger partial charge in [0.05, 0.1) is 26.4 Å². The maximum absolute atomic E-state index is 8.99. The van der Waals surface area contributed by atoms with E-state index in [4.69, 9.17) is 47.0 Å². The van der Waals surface area contributed by atoms with Gasteiger partial charge in [-0.05, 0) is 67.5 Å². The standard InChI is InChI=1S/2C13H31NO5Si/c2*1-4-17-20(18-5-2,19-6-3)13-7-8-14(9-11-15)10-12-16/h2*15-16H,4-13H2,1-3H3. The van der Waals surface area contributed by atoms with Crippen LogP contribution >= 0.6 is 0 Å². The van der Waals surface area contributed by atoms with Crippen molar-refractivity contribution in [3.05, 3.63) is 0 Å². The molecule has 0 amide bonds. The molecule has 40 heavy (non-hydrogen) atoms. The minimum absolute atomic E-state index is 0.102. The summed E-state index contributed by atoms with van der Waals surface area (Å²) in [7, 11) is -5.12. The molecule has 0 aromatic heterocycles. The molecule has 0 saturated carbocycles. The minimum atomic E-state index is -2.56. The zero-order chi connectivity index (χ0) is 30.5. The maximum Gasteiger partial charge on any atom is 0.500 e. The molecule has 0 aliphatic heterocycles. The Kier molecular flexibility index (Phi) is 30.6. The molecular formula is C26H62N2O10Si2. The smallest absolute Gasteiger partial charge is 0.395 e. The third-order valence-electron chi connectivity index (χ3n) is 5.77. The van der Waals surface area contributed by atoms with Gasteiger partial charge >= 0.3 is 17.6 Å². The van der Waals surface area contributed by atoms with Gasteiger partial charge in [0.2, 0.25) is 0 Å². The first-order chi connectivity index (χ1) is 19.3. The van der Waals surface area contributed by atoms with Crippen molar-refractivity contribution in [1.82, 2.24) is 9.80 Å². The van der Waals surface area contributed by atoms with Crippen LogP contribution in [0.15, 0.2) is 0 Å². The summed E-state index contributed by atoms with van der Waals surface area (Å²) in [4.78, 5) is 4.06. The lowest BCUT2D eigenvalue weighted by Crippen LogP contribution is -2.46. The molecule has 0 fully saturated rings. The van der Waals surface area contributed by atoms with E-state index in [1.54, 1.807) is 0 Å². The van der Waals surface area contributed by atoms with Gasteiger partial charge in [-0.15, -0.1) is 0 Å². The molecule has 0 unspecified atom stereocenters. The van der Waals surface area contributed by atoms with Gasteiger partial charge in [-0.2, -0.15) is 0 Å². The van der Waals surface area contributed by atoms with Gasteiger partial charge in [-0.3, -0.25) is 9.80 Å². The fourth-order valence-corrected chi connectivity index (χ4v) is 9.46. The molecule has 0 aromatic carbocycles. The van der Waals surface area contributed by atoms with Crippen LogP contribution in [0.3, 0.4) is 0 Å². The molecular weight excluding hydrogens is 556 g/mol. The average molecular weight is 619 g/mol. The van der Waals surface area contributed by atoms with Crippen LogP contribution in [-0.2, 0) is 26.6 Å². The predicted molar refractivity (Wildman–Crippen MR) is 161 cm³/mol. The second-order valence-electron chi connectivity index (χ2n) is 8.75. The quantitative estimate of drug-likeness (QED) is 0.0942. The van der Waals surface area contributed by atoms with E-state index in [1.807, 2.05) is 51.3 Å². The van der Waals surface area contributed by atoms with Gasteiger partial charge in [-0.25, -0.2) is 0 Å². The fraction of sp³-hybridized carbons (Fsp3) is 1.00. The molecule has 0 heterocycles. The van der Waals surface area contributed by atoms with Gasteiger partial charge in [0.15, 0.2) is 0 Å². The van der Waals surface area contributed by atoms with E-state index >= 15 is 0 Å². The van der Waals surface area contributed by atoms with E-state index < -0.39 is 17.6 Å².